The van der Waals surface area contributed by atoms with Crippen LogP contribution >= 0.6 is 0 Å². The van der Waals surface area contributed by atoms with Crippen molar-refractivity contribution in [1.29, 1.82) is 0 Å². The van der Waals surface area contributed by atoms with Gasteiger partial charge in [-0.25, -0.2) is 4.79 Å². The number of aliphatic hydroxyl groups excluding tert-OH is 1. The molecule has 6 nitrogen and oxygen atoms in total. The summed E-state index contributed by atoms with van der Waals surface area (Å²) < 4.78 is 4.07. The van der Waals surface area contributed by atoms with Crippen LogP contribution in [0.3, 0.4) is 0 Å². The van der Waals surface area contributed by atoms with Crippen LogP contribution in [0.25, 0.3) is 0 Å². The van der Waals surface area contributed by atoms with Crippen LogP contribution in [0, 0.1) is 0 Å². The van der Waals surface area contributed by atoms with E-state index in [4.69, 9.17) is 16.6 Å². The van der Waals surface area contributed by atoms with Gasteiger partial charge in [-0.3, -0.25) is 4.79 Å². The van der Waals surface area contributed by atoms with Gasteiger partial charge in [0.1, 0.15) is 0 Å². The van der Waals surface area contributed by atoms with Gasteiger partial charge in [-0.05, 0) is 0 Å². The molecule has 0 heterocycles. The van der Waals surface area contributed by atoms with Gasteiger partial charge in [0.15, 0.2) is 6.10 Å². The highest BCUT2D eigenvalue weighted by Crippen LogP contribution is 1.93. The minimum absolute atomic E-state index is 0.0613. The molecule has 12 heavy (non-hydrogen) atoms. The normalized spacial score (nSPS) is 15.0. The highest BCUT2D eigenvalue weighted by atomic mass is 16.6. The fourth-order valence-corrected chi connectivity index (χ4v) is 0.506. The summed E-state index contributed by atoms with van der Waals surface area (Å²) in [5, 5.41) is 9.00. The minimum atomic E-state index is -1.54. The Bertz CT molecular complexity index is 182. The standard InChI is InChI=1S/C6H12N2O4/c1-3(9)12-6(11)5(10)4(8)2-7/h4-5,10H,2,7-8H2,1H3. The maximum Gasteiger partial charge on any atom is 0.344 e. The van der Waals surface area contributed by atoms with Gasteiger partial charge in [-0.15, -0.1) is 0 Å². The summed E-state index contributed by atoms with van der Waals surface area (Å²) in [7, 11) is 0. The number of carbonyl (C=O) groups excluding carboxylic acids is 2. The first-order chi connectivity index (χ1) is 5.49. The van der Waals surface area contributed by atoms with E-state index in [1.54, 1.807) is 0 Å². The lowest BCUT2D eigenvalue weighted by molar-refractivity contribution is -0.165. The summed E-state index contributed by atoms with van der Waals surface area (Å²) in [5.41, 5.74) is 10.3. The maximum absolute atomic E-state index is 10.7. The van der Waals surface area contributed by atoms with Crippen molar-refractivity contribution >= 4 is 11.9 Å². The van der Waals surface area contributed by atoms with Crippen molar-refractivity contribution in [3.05, 3.63) is 0 Å². The molecule has 5 N–H and O–H groups in total. The largest absolute Gasteiger partial charge is 0.391 e. The molecular weight excluding hydrogens is 164 g/mol. The van der Waals surface area contributed by atoms with E-state index in [2.05, 4.69) is 4.74 Å². The molecule has 0 rings (SSSR count). The molecule has 2 atom stereocenters. The first kappa shape index (κ1) is 11.0. The van der Waals surface area contributed by atoms with Crippen molar-refractivity contribution in [2.45, 2.75) is 19.1 Å². The Labute approximate surface area is 69.5 Å². The Morgan fingerprint density at radius 1 is 1.58 bits per heavy atom. The molecule has 0 aliphatic carbocycles. The van der Waals surface area contributed by atoms with Gasteiger partial charge in [0.2, 0.25) is 0 Å². The van der Waals surface area contributed by atoms with E-state index in [-0.39, 0.29) is 6.54 Å². The molecule has 0 aliphatic heterocycles. The van der Waals surface area contributed by atoms with E-state index >= 15 is 0 Å². The summed E-state index contributed by atoms with van der Waals surface area (Å²) >= 11 is 0. The highest BCUT2D eigenvalue weighted by molar-refractivity contribution is 5.87. The Balaban J connectivity index is 4.01. The number of hydrogen-bond donors (Lipinski definition) is 3. The van der Waals surface area contributed by atoms with Gasteiger partial charge in [-0.1, -0.05) is 0 Å². The number of nitrogens with two attached hydrogens (primary N) is 2. The molecular formula is C6H12N2O4. The van der Waals surface area contributed by atoms with E-state index in [0.29, 0.717) is 0 Å². The van der Waals surface area contributed by atoms with E-state index in [9.17, 15) is 9.59 Å². The predicted octanol–water partition coefficient (Wildman–Crippen LogP) is -2.28. The summed E-state index contributed by atoms with van der Waals surface area (Å²) in [6.07, 6.45) is -1.54. The van der Waals surface area contributed by atoms with Gasteiger partial charge in [-0.2, -0.15) is 0 Å². The van der Waals surface area contributed by atoms with Crippen molar-refractivity contribution in [1.82, 2.24) is 0 Å². The molecule has 0 aromatic rings. The van der Waals surface area contributed by atoms with Gasteiger partial charge in [0.05, 0.1) is 6.04 Å². The molecule has 0 amide bonds. The Hall–Kier alpha value is -0.980. The number of carbonyl (C=O) groups is 2. The summed E-state index contributed by atoms with van der Waals surface area (Å²) in [6.45, 7) is 0.993. The van der Waals surface area contributed by atoms with Crippen molar-refractivity contribution in [3.8, 4) is 0 Å². The lowest BCUT2D eigenvalue weighted by atomic mass is 10.2. The number of aliphatic hydroxyl groups is 1. The fourth-order valence-electron chi connectivity index (χ4n) is 0.506. The molecule has 0 bridgehead atoms. The monoisotopic (exact) mass is 176 g/mol. The van der Waals surface area contributed by atoms with Crippen molar-refractivity contribution in [3.63, 3.8) is 0 Å². The summed E-state index contributed by atoms with van der Waals surface area (Å²) in [6, 6.07) is -0.906. The Kier molecular flexibility index (Phi) is 4.42. The molecule has 0 aromatic carbocycles. The van der Waals surface area contributed by atoms with Crippen LogP contribution in [0.15, 0.2) is 0 Å². The first-order valence-electron chi connectivity index (χ1n) is 3.35. The van der Waals surface area contributed by atoms with Crippen molar-refractivity contribution < 1.29 is 19.4 Å². The molecule has 0 radical (unpaired) electrons. The zero-order valence-corrected chi connectivity index (χ0v) is 6.69. The molecule has 0 fully saturated rings. The molecule has 0 saturated carbocycles. The minimum Gasteiger partial charge on any atom is -0.391 e. The van der Waals surface area contributed by atoms with E-state index < -0.39 is 24.1 Å². The molecule has 2 unspecified atom stereocenters. The molecule has 0 aromatic heterocycles. The topological polar surface area (TPSA) is 116 Å². The summed E-state index contributed by atoms with van der Waals surface area (Å²) in [5.74, 6) is -1.86. The van der Waals surface area contributed by atoms with Crippen molar-refractivity contribution in [2.24, 2.45) is 11.5 Å². The third-order valence-corrected chi connectivity index (χ3v) is 1.16. The van der Waals surface area contributed by atoms with Crippen LogP contribution in [0.2, 0.25) is 0 Å². The van der Waals surface area contributed by atoms with Gasteiger partial charge < -0.3 is 21.3 Å². The average molecular weight is 176 g/mol. The van der Waals surface area contributed by atoms with E-state index in [0.717, 1.165) is 6.92 Å². The molecule has 0 saturated heterocycles. The zero-order chi connectivity index (χ0) is 9.72. The third-order valence-electron chi connectivity index (χ3n) is 1.16. The lowest BCUT2D eigenvalue weighted by Crippen LogP contribution is -2.46. The third kappa shape index (κ3) is 3.42. The lowest BCUT2D eigenvalue weighted by Gasteiger charge is -2.13. The van der Waals surface area contributed by atoms with E-state index in [1.807, 2.05) is 0 Å². The number of hydrogen-bond acceptors (Lipinski definition) is 6. The van der Waals surface area contributed by atoms with Crippen LogP contribution in [0.4, 0.5) is 0 Å². The average Bonchev–Trinajstić information content (AvgIpc) is 2.00. The molecule has 70 valence electrons. The second-order valence-corrected chi connectivity index (χ2v) is 2.26. The van der Waals surface area contributed by atoms with Crippen LogP contribution in [-0.4, -0.2) is 35.7 Å². The second kappa shape index (κ2) is 4.81. The molecule has 0 spiro atoms. The molecule has 0 aliphatic rings. The van der Waals surface area contributed by atoms with Gasteiger partial charge in [0.25, 0.3) is 0 Å². The van der Waals surface area contributed by atoms with Crippen LogP contribution in [0.5, 0.6) is 0 Å². The van der Waals surface area contributed by atoms with Crippen molar-refractivity contribution in [2.75, 3.05) is 6.54 Å². The first-order valence-corrected chi connectivity index (χ1v) is 3.35. The Morgan fingerprint density at radius 3 is 2.42 bits per heavy atom. The van der Waals surface area contributed by atoms with Gasteiger partial charge in [0, 0.05) is 13.5 Å². The Morgan fingerprint density at radius 2 is 2.08 bits per heavy atom. The van der Waals surface area contributed by atoms with E-state index in [1.165, 1.54) is 0 Å². The highest BCUT2D eigenvalue weighted by Gasteiger charge is 2.24. The predicted molar refractivity (Wildman–Crippen MR) is 39.8 cm³/mol. The number of rotatable bonds is 3. The van der Waals surface area contributed by atoms with Crippen LogP contribution in [0.1, 0.15) is 6.92 Å². The maximum atomic E-state index is 10.7. The van der Waals surface area contributed by atoms with Crippen LogP contribution in [-0.2, 0) is 14.3 Å². The number of ether oxygens (including phenoxy) is 1. The van der Waals surface area contributed by atoms with Gasteiger partial charge >= 0.3 is 11.9 Å². The zero-order valence-electron chi connectivity index (χ0n) is 6.69. The fraction of sp³-hybridized carbons (Fsp3) is 0.667. The van der Waals surface area contributed by atoms with Crippen LogP contribution < -0.4 is 11.5 Å². The quantitative estimate of drug-likeness (QED) is 0.329. The summed E-state index contributed by atoms with van der Waals surface area (Å²) in [4.78, 5) is 21.0. The SMILES string of the molecule is CC(=O)OC(=O)C(O)C(N)CN. The number of esters is 2. The smallest absolute Gasteiger partial charge is 0.344 e. The second-order valence-electron chi connectivity index (χ2n) is 2.26. The molecule has 6 heteroatoms.